The molecule has 0 bridgehead atoms. The Bertz CT molecular complexity index is 284. The predicted molar refractivity (Wildman–Crippen MR) is 40.6 cm³/mol. The Balaban J connectivity index is 3.67. The first kappa shape index (κ1) is 10.9. The maximum absolute atomic E-state index is 10.5. The summed E-state index contributed by atoms with van der Waals surface area (Å²) in [4.78, 5) is 10.5. The minimum atomic E-state index is -3.60. The molecule has 68 valence electrons. The van der Waals surface area contributed by atoms with E-state index in [4.69, 9.17) is 6.42 Å². The van der Waals surface area contributed by atoms with Crippen LogP contribution in [0, 0.1) is 12.3 Å². The lowest BCUT2D eigenvalue weighted by atomic mass is 10.7. The molecule has 0 aliphatic rings. The summed E-state index contributed by atoms with van der Waals surface area (Å²) in [7, 11) is -3.60. The number of carbonyl (C=O) groups excluding carboxylic acids is 1. The van der Waals surface area contributed by atoms with Crippen molar-refractivity contribution in [3.05, 3.63) is 0 Å². The molecule has 0 unspecified atom stereocenters. The third kappa shape index (κ3) is 7.05. The van der Waals surface area contributed by atoms with Crippen molar-refractivity contribution in [2.75, 3.05) is 19.5 Å². The highest BCUT2D eigenvalue weighted by Crippen LogP contribution is 1.87. The van der Waals surface area contributed by atoms with E-state index in [1.165, 1.54) is 0 Å². The zero-order chi connectivity index (χ0) is 9.61. The third-order valence-corrected chi connectivity index (χ3v) is 1.25. The van der Waals surface area contributed by atoms with Gasteiger partial charge in [0.05, 0.1) is 6.26 Å². The van der Waals surface area contributed by atoms with Crippen LogP contribution in [0.25, 0.3) is 0 Å². The highest BCUT2D eigenvalue weighted by Gasteiger charge is 2.07. The molecule has 0 heterocycles. The second-order valence-corrected chi connectivity index (χ2v) is 3.48. The van der Waals surface area contributed by atoms with Gasteiger partial charge in [0.1, 0.15) is 0 Å². The van der Waals surface area contributed by atoms with Crippen LogP contribution in [0.3, 0.4) is 0 Å². The van der Waals surface area contributed by atoms with Gasteiger partial charge in [-0.05, 0) is 0 Å². The average Bonchev–Trinajstić information content (AvgIpc) is 1.95. The number of carbonyl (C=O) groups is 1. The standard InChI is InChI=1S/C6H8O5S/c1-3-4-10-6(7)5-11-12(2,8)9/h1H,4-5H2,2H3. The molecule has 5 nitrogen and oxygen atoms in total. The van der Waals surface area contributed by atoms with Crippen molar-refractivity contribution >= 4 is 16.1 Å². The van der Waals surface area contributed by atoms with Crippen molar-refractivity contribution in [3.8, 4) is 12.3 Å². The summed E-state index contributed by atoms with van der Waals surface area (Å²) >= 11 is 0. The Hall–Kier alpha value is -1.06. The SMILES string of the molecule is C#CCOC(=O)COS(C)(=O)=O. The van der Waals surface area contributed by atoms with E-state index in [1.807, 2.05) is 5.92 Å². The molecule has 0 aromatic carbocycles. The molecular weight excluding hydrogens is 184 g/mol. The van der Waals surface area contributed by atoms with Crippen molar-refractivity contribution in [2.45, 2.75) is 0 Å². The van der Waals surface area contributed by atoms with Gasteiger partial charge in [-0.25, -0.2) is 4.79 Å². The second-order valence-electron chi connectivity index (χ2n) is 1.83. The van der Waals surface area contributed by atoms with Crippen molar-refractivity contribution in [1.29, 1.82) is 0 Å². The second kappa shape index (κ2) is 4.74. The molecule has 0 saturated carbocycles. The molecular formula is C6H8O5S. The van der Waals surface area contributed by atoms with Gasteiger partial charge in [0.2, 0.25) is 0 Å². The minimum absolute atomic E-state index is 0.189. The van der Waals surface area contributed by atoms with Gasteiger partial charge in [0.15, 0.2) is 13.2 Å². The highest BCUT2D eigenvalue weighted by atomic mass is 32.2. The molecule has 0 fully saturated rings. The first-order chi connectivity index (χ1) is 5.45. The number of hydrogen-bond acceptors (Lipinski definition) is 5. The van der Waals surface area contributed by atoms with Crippen LogP contribution in [0.2, 0.25) is 0 Å². The molecule has 0 saturated heterocycles. The molecule has 0 aromatic rings. The van der Waals surface area contributed by atoms with E-state index in [0.29, 0.717) is 0 Å². The molecule has 0 aliphatic carbocycles. The Labute approximate surface area is 70.8 Å². The summed E-state index contributed by atoms with van der Waals surface area (Å²) in [6.45, 7) is -0.827. The quantitative estimate of drug-likeness (QED) is 0.329. The van der Waals surface area contributed by atoms with Gasteiger partial charge in [-0.15, -0.1) is 6.42 Å². The van der Waals surface area contributed by atoms with Crippen LogP contribution in [0.1, 0.15) is 0 Å². The lowest BCUT2D eigenvalue weighted by Crippen LogP contribution is -2.15. The normalized spacial score (nSPS) is 10.3. The largest absolute Gasteiger partial charge is 0.451 e. The maximum atomic E-state index is 10.5. The van der Waals surface area contributed by atoms with Gasteiger partial charge in [-0.1, -0.05) is 5.92 Å². The van der Waals surface area contributed by atoms with Gasteiger partial charge in [0, 0.05) is 0 Å². The molecule has 6 heteroatoms. The van der Waals surface area contributed by atoms with Gasteiger partial charge >= 0.3 is 5.97 Å². The predicted octanol–water partition coefficient (Wildman–Crippen LogP) is -0.861. The number of hydrogen-bond donors (Lipinski definition) is 0. The molecule has 0 radical (unpaired) electrons. The van der Waals surface area contributed by atoms with Crippen molar-refractivity contribution in [3.63, 3.8) is 0 Å². The van der Waals surface area contributed by atoms with E-state index in [-0.39, 0.29) is 6.61 Å². The molecule has 0 rings (SSSR count). The Morgan fingerprint density at radius 3 is 2.58 bits per heavy atom. The summed E-state index contributed by atoms with van der Waals surface area (Å²) in [5, 5.41) is 0. The number of ether oxygens (including phenoxy) is 1. The van der Waals surface area contributed by atoms with Gasteiger partial charge in [0.25, 0.3) is 10.1 Å². The average molecular weight is 192 g/mol. The third-order valence-electron chi connectivity index (χ3n) is 0.707. The van der Waals surface area contributed by atoms with Gasteiger partial charge in [-0.3, -0.25) is 4.18 Å². The van der Waals surface area contributed by atoms with Crippen LogP contribution in [-0.2, 0) is 23.8 Å². The van der Waals surface area contributed by atoms with Crippen LogP contribution in [-0.4, -0.2) is 33.9 Å². The Morgan fingerprint density at radius 2 is 2.17 bits per heavy atom. The summed E-state index contributed by atoms with van der Waals surface area (Å²) in [5.41, 5.74) is 0. The highest BCUT2D eigenvalue weighted by molar-refractivity contribution is 7.86. The van der Waals surface area contributed by atoms with Crippen LogP contribution < -0.4 is 0 Å². The monoisotopic (exact) mass is 192 g/mol. The molecule has 0 amide bonds. The number of esters is 1. The van der Waals surface area contributed by atoms with E-state index >= 15 is 0 Å². The first-order valence-electron chi connectivity index (χ1n) is 2.89. The van der Waals surface area contributed by atoms with Gasteiger partial charge in [-0.2, -0.15) is 8.42 Å². The fourth-order valence-corrected chi connectivity index (χ4v) is 0.629. The van der Waals surface area contributed by atoms with E-state index < -0.39 is 22.7 Å². The Morgan fingerprint density at radius 1 is 1.58 bits per heavy atom. The van der Waals surface area contributed by atoms with Crippen molar-refractivity contribution in [1.82, 2.24) is 0 Å². The number of terminal acetylenes is 1. The molecule has 12 heavy (non-hydrogen) atoms. The first-order valence-corrected chi connectivity index (χ1v) is 4.71. The maximum Gasteiger partial charge on any atom is 0.334 e. The van der Waals surface area contributed by atoms with Crippen LogP contribution >= 0.6 is 0 Å². The van der Waals surface area contributed by atoms with E-state index in [9.17, 15) is 13.2 Å². The summed E-state index contributed by atoms with van der Waals surface area (Å²) in [6, 6.07) is 0. The topological polar surface area (TPSA) is 69.7 Å². The Kier molecular flexibility index (Phi) is 4.33. The fourth-order valence-electron chi connectivity index (χ4n) is 0.319. The molecule has 0 N–H and O–H groups in total. The van der Waals surface area contributed by atoms with Crippen LogP contribution in [0.15, 0.2) is 0 Å². The number of rotatable bonds is 4. The van der Waals surface area contributed by atoms with E-state index in [0.717, 1.165) is 6.26 Å². The minimum Gasteiger partial charge on any atom is -0.451 e. The molecule has 0 atom stereocenters. The van der Waals surface area contributed by atoms with E-state index in [2.05, 4.69) is 8.92 Å². The molecule has 0 spiro atoms. The van der Waals surface area contributed by atoms with Crippen LogP contribution in [0.5, 0.6) is 0 Å². The zero-order valence-electron chi connectivity index (χ0n) is 6.44. The molecule has 0 aromatic heterocycles. The smallest absolute Gasteiger partial charge is 0.334 e. The lowest BCUT2D eigenvalue weighted by Gasteiger charge is -1.99. The van der Waals surface area contributed by atoms with Gasteiger partial charge < -0.3 is 4.74 Å². The zero-order valence-corrected chi connectivity index (χ0v) is 7.26. The summed E-state index contributed by atoms with van der Waals surface area (Å²) in [5.74, 6) is 1.24. The molecule has 0 aliphatic heterocycles. The van der Waals surface area contributed by atoms with E-state index in [1.54, 1.807) is 0 Å². The van der Waals surface area contributed by atoms with Crippen molar-refractivity contribution in [2.24, 2.45) is 0 Å². The van der Waals surface area contributed by atoms with Crippen LogP contribution in [0.4, 0.5) is 0 Å². The lowest BCUT2D eigenvalue weighted by molar-refractivity contribution is -0.144. The summed E-state index contributed by atoms with van der Waals surface area (Å²) < 4.78 is 29.1. The van der Waals surface area contributed by atoms with Crippen molar-refractivity contribution < 1.29 is 22.1 Å². The fraction of sp³-hybridized carbons (Fsp3) is 0.500. The summed E-state index contributed by atoms with van der Waals surface area (Å²) in [6.07, 6.45) is 5.61.